The highest BCUT2D eigenvalue weighted by atomic mass is 16.5. The van der Waals surface area contributed by atoms with Gasteiger partial charge in [0.2, 0.25) is 5.91 Å². The fraction of sp³-hybridized carbons (Fsp3) is 0.200. The molecule has 1 aliphatic rings. The fourth-order valence-electron chi connectivity index (χ4n) is 2.63. The van der Waals surface area contributed by atoms with Crippen LogP contribution in [0.4, 0.5) is 10.5 Å². The number of rotatable bonds is 7. The van der Waals surface area contributed by atoms with Crippen LogP contribution in [0.1, 0.15) is 15.9 Å². The number of carbonyl (C=O) groups excluding carboxylic acids is 4. The summed E-state index contributed by atoms with van der Waals surface area (Å²) in [7, 11) is 1.54. The van der Waals surface area contributed by atoms with Crippen LogP contribution in [0.5, 0.6) is 5.75 Å². The Kier molecular flexibility index (Phi) is 6.08. The smallest absolute Gasteiger partial charge is 0.338 e. The molecule has 2 aromatic rings. The first-order chi connectivity index (χ1) is 14.0. The molecule has 150 valence electrons. The van der Waals surface area contributed by atoms with Crippen LogP contribution in [-0.4, -0.2) is 49.0 Å². The van der Waals surface area contributed by atoms with Crippen LogP contribution in [0, 0.1) is 0 Å². The summed E-state index contributed by atoms with van der Waals surface area (Å²) in [6.07, 6.45) is 0. The first kappa shape index (κ1) is 19.9. The van der Waals surface area contributed by atoms with E-state index in [1.807, 2.05) is 0 Å². The molecule has 1 fully saturated rings. The lowest BCUT2D eigenvalue weighted by atomic mass is 10.1. The Morgan fingerprint density at radius 1 is 1.07 bits per heavy atom. The summed E-state index contributed by atoms with van der Waals surface area (Å²) in [5, 5.41) is 5.05. The molecule has 9 heteroatoms. The highest BCUT2D eigenvalue weighted by Crippen LogP contribution is 2.15. The molecular weight excluding hydrogens is 378 g/mol. The minimum Gasteiger partial charge on any atom is -0.497 e. The summed E-state index contributed by atoms with van der Waals surface area (Å²) >= 11 is 0. The molecule has 0 spiro atoms. The predicted octanol–water partition coefficient (Wildman–Crippen LogP) is 1.54. The number of urea groups is 1. The first-order valence-corrected chi connectivity index (χ1v) is 8.74. The Morgan fingerprint density at radius 2 is 1.76 bits per heavy atom. The van der Waals surface area contributed by atoms with Gasteiger partial charge >= 0.3 is 12.0 Å². The molecule has 9 nitrogen and oxygen atoms in total. The average molecular weight is 397 g/mol. The van der Waals surface area contributed by atoms with Gasteiger partial charge < -0.3 is 20.1 Å². The molecule has 0 saturated carbocycles. The van der Waals surface area contributed by atoms with E-state index in [1.165, 1.54) is 12.1 Å². The quantitative estimate of drug-likeness (QED) is 0.541. The number of hydrogen-bond acceptors (Lipinski definition) is 6. The van der Waals surface area contributed by atoms with Crippen LogP contribution in [0.2, 0.25) is 0 Å². The lowest BCUT2D eigenvalue weighted by Crippen LogP contribution is -2.30. The normalized spacial score (nSPS) is 13.1. The van der Waals surface area contributed by atoms with E-state index in [-0.39, 0.29) is 24.6 Å². The molecule has 0 radical (unpaired) electrons. The van der Waals surface area contributed by atoms with Crippen molar-refractivity contribution in [2.75, 3.05) is 25.6 Å². The second-order valence-corrected chi connectivity index (χ2v) is 6.19. The standard InChI is InChI=1S/C20H19N3O6/c1-28-16-8-6-15(7-9-16)22-17(24)12-29-19(26)14-4-2-13(3-5-14)11-23-18(25)10-21-20(23)27/h2-9H,10-12H2,1H3,(H,21,27)(H,22,24). The molecule has 0 bridgehead atoms. The molecule has 29 heavy (non-hydrogen) atoms. The molecule has 2 N–H and O–H groups in total. The van der Waals surface area contributed by atoms with Crippen molar-refractivity contribution in [1.29, 1.82) is 0 Å². The Bertz CT molecular complexity index is 908. The molecule has 0 atom stereocenters. The summed E-state index contributed by atoms with van der Waals surface area (Å²) in [4.78, 5) is 48.3. The minimum absolute atomic E-state index is 0.0121. The van der Waals surface area contributed by atoms with Gasteiger partial charge in [0.25, 0.3) is 5.91 Å². The summed E-state index contributed by atoms with van der Waals surface area (Å²) in [6, 6.07) is 12.5. The number of nitrogens with zero attached hydrogens (tertiary/aromatic N) is 1. The van der Waals surface area contributed by atoms with Crippen molar-refractivity contribution in [1.82, 2.24) is 10.2 Å². The van der Waals surface area contributed by atoms with Crippen LogP contribution >= 0.6 is 0 Å². The zero-order valence-corrected chi connectivity index (χ0v) is 15.6. The van der Waals surface area contributed by atoms with Crippen molar-refractivity contribution in [2.45, 2.75) is 6.54 Å². The Morgan fingerprint density at radius 3 is 2.34 bits per heavy atom. The average Bonchev–Trinajstić information content (AvgIpc) is 3.05. The van der Waals surface area contributed by atoms with Crippen LogP contribution < -0.4 is 15.4 Å². The summed E-state index contributed by atoms with van der Waals surface area (Å²) in [5.74, 6) is -0.774. The number of methoxy groups -OCH3 is 1. The van der Waals surface area contributed by atoms with Gasteiger partial charge in [0.05, 0.1) is 25.8 Å². The van der Waals surface area contributed by atoms with Crippen LogP contribution in [-0.2, 0) is 20.9 Å². The number of benzene rings is 2. The first-order valence-electron chi connectivity index (χ1n) is 8.74. The number of imide groups is 1. The molecule has 1 aliphatic heterocycles. The molecule has 0 aliphatic carbocycles. The summed E-state index contributed by atoms with van der Waals surface area (Å²) < 4.78 is 10.0. The molecule has 4 amide bonds. The van der Waals surface area contributed by atoms with Crippen molar-refractivity contribution in [3.63, 3.8) is 0 Å². The Labute approximate surface area is 166 Å². The molecule has 1 saturated heterocycles. The second kappa shape index (κ2) is 8.87. The molecular formula is C20H19N3O6. The zero-order valence-electron chi connectivity index (χ0n) is 15.6. The van der Waals surface area contributed by atoms with Crippen molar-refractivity contribution in [2.24, 2.45) is 0 Å². The van der Waals surface area contributed by atoms with Crippen molar-refractivity contribution < 1.29 is 28.7 Å². The SMILES string of the molecule is COc1ccc(NC(=O)COC(=O)c2ccc(CN3C(=O)CNC3=O)cc2)cc1. The monoisotopic (exact) mass is 397 g/mol. The van der Waals surface area contributed by atoms with E-state index in [0.29, 0.717) is 17.0 Å². The van der Waals surface area contributed by atoms with Gasteiger partial charge in [0, 0.05) is 5.69 Å². The van der Waals surface area contributed by atoms with E-state index < -0.39 is 24.5 Å². The van der Waals surface area contributed by atoms with Crippen LogP contribution in [0.3, 0.4) is 0 Å². The minimum atomic E-state index is -0.656. The maximum atomic E-state index is 12.1. The Balaban J connectivity index is 1.49. The lowest BCUT2D eigenvalue weighted by Gasteiger charge is -2.12. The highest BCUT2D eigenvalue weighted by Gasteiger charge is 2.28. The predicted molar refractivity (Wildman–Crippen MR) is 102 cm³/mol. The van der Waals surface area contributed by atoms with E-state index >= 15 is 0 Å². The molecule has 1 heterocycles. The molecule has 0 unspecified atom stereocenters. The van der Waals surface area contributed by atoms with Gasteiger partial charge in [0.1, 0.15) is 5.75 Å². The number of carbonyl (C=O) groups is 4. The number of esters is 1. The third kappa shape index (κ3) is 5.10. The number of anilines is 1. The molecule has 2 aromatic carbocycles. The van der Waals surface area contributed by atoms with Gasteiger partial charge in [-0.25, -0.2) is 9.59 Å². The number of amides is 4. The van der Waals surface area contributed by atoms with Gasteiger partial charge in [-0.2, -0.15) is 0 Å². The van der Waals surface area contributed by atoms with E-state index in [9.17, 15) is 19.2 Å². The third-order valence-electron chi connectivity index (χ3n) is 4.18. The van der Waals surface area contributed by atoms with E-state index in [2.05, 4.69) is 10.6 Å². The van der Waals surface area contributed by atoms with Crippen molar-refractivity contribution in [3.8, 4) is 5.75 Å². The maximum absolute atomic E-state index is 12.1. The van der Waals surface area contributed by atoms with E-state index in [0.717, 1.165) is 4.90 Å². The summed E-state index contributed by atoms with van der Waals surface area (Å²) in [6.45, 7) is -0.332. The lowest BCUT2D eigenvalue weighted by molar-refractivity contribution is -0.125. The largest absolute Gasteiger partial charge is 0.497 e. The van der Waals surface area contributed by atoms with E-state index in [4.69, 9.17) is 9.47 Å². The number of nitrogens with one attached hydrogen (secondary N) is 2. The molecule has 0 aromatic heterocycles. The highest BCUT2D eigenvalue weighted by molar-refractivity contribution is 6.01. The summed E-state index contributed by atoms with van der Waals surface area (Å²) in [5.41, 5.74) is 1.49. The molecule has 3 rings (SSSR count). The second-order valence-electron chi connectivity index (χ2n) is 6.19. The topological polar surface area (TPSA) is 114 Å². The van der Waals surface area contributed by atoms with Crippen molar-refractivity contribution in [3.05, 3.63) is 59.7 Å². The van der Waals surface area contributed by atoms with Gasteiger partial charge in [-0.3, -0.25) is 14.5 Å². The zero-order chi connectivity index (χ0) is 20.8. The number of hydrogen-bond donors (Lipinski definition) is 2. The maximum Gasteiger partial charge on any atom is 0.338 e. The van der Waals surface area contributed by atoms with Crippen LogP contribution in [0.15, 0.2) is 48.5 Å². The number of ether oxygens (including phenoxy) is 2. The van der Waals surface area contributed by atoms with Crippen molar-refractivity contribution >= 4 is 29.5 Å². The van der Waals surface area contributed by atoms with E-state index in [1.54, 1.807) is 43.5 Å². The van der Waals surface area contributed by atoms with Crippen LogP contribution in [0.25, 0.3) is 0 Å². The third-order valence-corrected chi connectivity index (χ3v) is 4.18. The van der Waals surface area contributed by atoms with Gasteiger partial charge in [-0.05, 0) is 42.0 Å². The fourth-order valence-corrected chi connectivity index (χ4v) is 2.63. The van der Waals surface area contributed by atoms with Gasteiger partial charge in [-0.15, -0.1) is 0 Å². The van der Waals surface area contributed by atoms with Gasteiger partial charge in [0.15, 0.2) is 6.61 Å². The van der Waals surface area contributed by atoms with Gasteiger partial charge in [-0.1, -0.05) is 12.1 Å². The Hall–Kier alpha value is -3.88.